The smallest absolute Gasteiger partial charge is 0.387 e. The van der Waals surface area contributed by atoms with Crippen LogP contribution in [0.25, 0.3) is 5.69 Å². The van der Waals surface area contributed by atoms with Crippen LogP contribution >= 0.6 is 0 Å². The number of H-pyrrole nitrogens is 1. The van der Waals surface area contributed by atoms with Crippen LogP contribution in [0.3, 0.4) is 0 Å². The van der Waals surface area contributed by atoms with E-state index in [0.29, 0.717) is 22.6 Å². The molecule has 0 radical (unpaired) electrons. The highest BCUT2D eigenvalue weighted by atomic mass is 19.3. The molecular formula is C20H20F2N4O3. The Bertz CT molecular complexity index is 1060. The summed E-state index contributed by atoms with van der Waals surface area (Å²) in [6.07, 6.45) is 1.58. The minimum absolute atomic E-state index is 0.0132. The van der Waals surface area contributed by atoms with Gasteiger partial charge in [-0.25, -0.2) is 9.59 Å². The van der Waals surface area contributed by atoms with Gasteiger partial charge >= 0.3 is 18.3 Å². The number of rotatable bonds is 6. The summed E-state index contributed by atoms with van der Waals surface area (Å²) in [7, 11) is 0. The monoisotopic (exact) mass is 402 g/mol. The fourth-order valence-corrected chi connectivity index (χ4v) is 2.93. The molecule has 29 heavy (non-hydrogen) atoms. The first-order valence-electron chi connectivity index (χ1n) is 8.84. The quantitative estimate of drug-likeness (QED) is 0.583. The third kappa shape index (κ3) is 4.81. The molecule has 0 spiro atoms. The number of anilines is 1. The number of carbonyl (C=O) groups is 1. The van der Waals surface area contributed by atoms with E-state index in [1.54, 1.807) is 56.4 Å². The van der Waals surface area contributed by atoms with Gasteiger partial charge in [-0.1, -0.05) is 24.3 Å². The van der Waals surface area contributed by atoms with Crippen molar-refractivity contribution in [2.75, 3.05) is 5.32 Å². The van der Waals surface area contributed by atoms with Crippen LogP contribution < -0.4 is 21.1 Å². The topological polar surface area (TPSA) is 88.2 Å². The first kappa shape index (κ1) is 20.1. The number of nitrogens with zero attached hydrogens (tertiary/aromatic N) is 1. The van der Waals surface area contributed by atoms with Gasteiger partial charge in [-0.3, -0.25) is 4.57 Å². The van der Waals surface area contributed by atoms with Gasteiger partial charge in [0.05, 0.1) is 17.4 Å². The van der Waals surface area contributed by atoms with Gasteiger partial charge in [0.1, 0.15) is 5.75 Å². The van der Waals surface area contributed by atoms with Gasteiger partial charge in [-0.15, -0.1) is 0 Å². The molecule has 9 heteroatoms. The van der Waals surface area contributed by atoms with Gasteiger partial charge in [0.15, 0.2) is 0 Å². The Balaban J connectivity index is 1.74. The van der Waals surface area contributed by atoms with Gasteiger partial charge < -0.3 is 20.4 Å². The largest absolute Gasteiger partial charge is 0.435 e. The minimum atomic E-state index is -2.92. The molecule has 0 aliphatic rings. The average molecular weight is 402 g/mol. The van der Waals surface area contributed by atoms with Crippen LogP contribution in [0.1, 0.15) is 24.2 Å². The molecule has 7 nitrogen and oxygen atoms in total. The fourth-order valence-electron chi connectivity index (χ4n) is 2.93. The second kappa shape index (κ2) is 8.59. The lowest BCUT2D eigenvalue weighted by Crippen LogP contribution is -2.32. The Morgan fingerprint density at radius 3 is 2.62 bits per heavy atom. The van der Waals surface area contributed by atoms with Gasteiger partial charge in [-0.05, 0) is 43.7 Å². The number of para-hydroxylation sites is 2. The molecule has 152 valence electrons. The van der Waals surface area contributed by atoms with Gasteiger partial charge in [0.2, 0.25) is 0 Å². The van der Waals surface area contributed by atoms with Crippen molar-refractivity contribution in [2.24, 2.45) is 0 Å². The van der Waals surface area contributed by atoms with Gasteiger partial charge in [0.25, 0.3) is 0 Å². The van der Waals surface area contributed by atoms with E-state index >= 15 is 0 Å². The maximum Gasteiger partial charge on any atom is 0.387 e. The molecule has 1 heterocycles. The molecule has 0 aliphatic carbocycles. The number of halogens is 2. The van der Waals surface area contributed by atoms with E-state index in [2.05, 4.69) is 20.4 Å². The lowest BCUT2D eigenvalue weighted by molar-refractivity contribution is -0.0499. The van der Waals surface area contributed by atoms with E-state index in [1.165, 1.54) is 16.7 Å². The SMILES string of the molecule is Cc1c[nH]c(=O)n1-c1ccccc1NC(=O)NC(C)c1cccc(OC(F)F)c1. The van der Waals surface area contributed by atoms with Crippen LogP contribution in [-0.2, 0) is 0 Å². The van der Waals surface area contributed by atoms with Crippen molar-refractivity contribution in [2.45, 2.75) is 26.5 Å². The summed E-state index contributed by atoms with van der Waals surface area (Å²) in [6, 6.07) is 12.0. The first-order chi connectivity index (χ1) is 13.8. The molecule has 3 N–H and O–H groups in total. The van der Waals surface area contributed by atoms with E-state index in [4.69, 9.17) is 0 Å². The van der Waals surface area contributed by atoms with Crippen molar-refractivity contribution >= 4 is 11.7 Å². The molecule has 0 fully saturated rings. The molecule has 1 unspecified atom stereocenters. The number of aromatic nitrogens is 2. The number of aryl methyl sites for hydroxylation is 1. The summed E-state index contributed by atoms with van der Waals surface area (Å²) in [4.78, 5) is 27.1. The Morgan fingerprint density at radius 1 is 1.17 bits per heavy atom. The van der Waals surface area contributed by atoms with E-state index in [-0.39, 0.29) is 11.4 Å². The predicted octanol–water partition coefficient (Wildman–Crippen LogP) is 3.96. The lowest BCUT2D eigenvalue weighted by atomic mass is 10.1. The van der Waals surface area contributed by atoms with Crippen LogP contribution in [0, 0.1) is 6.92 Å². The molecule has 0 bridgehead atoms. The number of hydrogen-bond acceptors (Lipinski definition) is 3. The van der Waals surface area contributed by atoms with E-state index in [1.807, 2.05) is 0 Å². The maximum absolute atomic E-state index is 12.5. The van der Waals surface area contributed by atoms with Crippen molar-refractivity contribution in [1.82, 2.24) is 14.9 Å². The molecule has 0 saturated carbocycles. The van der Waals surface area contributed by atoms with Crippen molar-refractivity contribution in [1.29, 1.82) is 0 Å². The summed E-state index contributed by atoms with van der Waals surface area (Å²) in [5.41, 5.74) is 1.93. The van der Waals surface area contributed by atoms with Crippen molar-refractivity contribution in [3.05, 3.63) is 76.5 Å². The molecule has 3 rings (SSSR count). The number of carbonyl (C=O) groups excluding carboxylic acids is 1. The first-order valence-corrected chi connectivity index (χ1v) is 8.84. The zero-order valence-electron chi connectivity index (χ0n) is 15.8. The van der Waals surface area contributed by atoms with E-state index < -0.39 is 18.7 Å². The normalized spacial score (nSPS) is 11.9. The van der Waals surface area contributed by atoms with Crippen LogP contribution in [-0.4, -0.2) is 22.2 Å². The zero-order chi connectivity index (χ0) is 21.0. The van der Waals surface area contributed by atoms with E-state index in [9.17, 15) is 18.4 Å². The Morgan fingerprint density at radius 2 is 1.93 bits per heavy atom. The number of aromatic amines is 1. The summed E-state index contributed by atoms with van der Waals surface area (Å²) in [6.45, 7) is 0.563. The number of amides is 2. The van der Waals surface area contributed by atoms with Crippen molar-refractivity contribution in [3.8, 4) is 11.4 Å². The number of ether oxygens (including phenoxy) is 1. The molecule has 1 aromatic heterocycles. The third-order valence-corrected chi connectivity index (χ3v) is 4.28. The minimum Gasteiger partial charge on any atom is -0.435 e. The Labute approximate surface area is 165 Å². The summed E-state index contributed by atoms with van der Waals surface area (Å²) < 4.78 is 30.6. The number of nitrogens with one attached hydrogen (secondary N) is 3. The number of alkyl halides is 2. The Kier molecular flexibility index (Phi) is 5.96. The second-order valence-electron chi connectivity index (χ2n) is 6.36. The van der Waals surface area contributed by atoms with Crippen LogP contribution in [0.15, 0.2) is 59.5 Å². The summed E-state index contributed by atoms with van der Waals surface area (Å²) >= 11 is 0. The van der Waals surface area contributed by atoms with Gasteiger partial charge in [0, 0.05) is 11.9 Å². The molecule has 2 amide bonds. The van der Waals surface area contributed by atoms with Crippen LogP contribution in [0.5, 0.6) is 5.75 Å². The van der Waals surface area contributed by atoms with Crippen molar-refractivity contribution < 1.29 is 18.3 Å². The summed E-state index contributed by atoms with van der Waals surface area (Å²) in [5, 5.41) is 5.46. The fraction of sp³-hybridized carbons (Fsp3) is 0.200. The predicted molar refractivity (Wildman–Crippen MR) is 105 cm³/mol. The van der Waals surface area contributed by atoms with Crippen LogP contribution in [0.2, 0.25) is 0 Å². The zero-order valence-corrected chi connectivity index (χ0v) is 15.8. The summed E-state index contributed by atoms with van der Waals surface area (Å²) in [5.74, 6) is 0.0132. The number of urea groups is 1. The van der Waals surface area contributed by atoms with Crippen molar-refractivity contribution in [3.63, 3.8) is 0 Å². The average Bonchev–Trinajstić information content (AvgIpc) is 3.00. The highest BCUT2D eigenvalue weighted by Gasteiger charge is 2.15. The maximum atomic E-state index is 12.5. The third-order valence-electron chi connectivity index (χ3n) is 4.28. The highest BCUT2D eigenvalue weighted by molar-refractivity contribution is 5.91. The number of imidazole rings is 1. The van der Waals surface area contributed by atoms with Gasteiger partial charge in [-0.2, -0.15) is 8.78 Å². The molecule has 3 aromatic rings. The number of hydrogen-bond donors (Lipinski definition) is 3. The Hall–Kier alpha value is -3.62. The second-order valence-corrected chi connectivity index (χ2v) is 6.36. The standard InChI is InChI=1S/C20H20F2N4O3/c1-12-11-23-20(28)26(12)17-9-4-3-8-16(17)25-19(27)24-13(2)14-6-5-7-15(10-14)29-18(21)22/h3-11,13,18H,1-2H3,(H,23,28)(H2,24,25,27). The van der Waals surface area contributed by atoms with E-state index in [0.717, 1.165) is 0 Å². The highest BCUT2D eigenvalue weighted by Crippen LogP contribution is 2.22. The lowest BCUT2D eigenvalue weighted by Gasteiger charge is -2.17. The molecule has 2 aromatic carbocycles. The number of benzene rings is 2. The molecule has 1 atom stereocenters. The molecule has 0 aliphatic heterocycles. The van der Waals surface area contributed by atoms with Crippen LogP contribution in [0.4, 0.5) is 19.3 Å². The molecule has 0 saturated heterocycles. The molecular weight excluding hydrogens is 382 g/mol.